The van der Waals surface area contributed by atoms with Gasteiger partial charge in [-0.3, -0.25) is 0 Å². The van der Waals surface area contributed by atoms with Gasteiger partial charge in [-0.25, -0.2) is 0 Å². The minimum absolute atomic E-state index is 0.719. The van der Waals surface area contributed by atoms with Crippen LogP contribution in [-0.2, 0) is 6.54 Å². The number of benzene rings is 2. The molecule has 2 rings (SSSR count). The predicted octanol–water partition coefficient (Wildman–Crippen LogP) is 5.56. The van der Waals surface area contributed by atoms with Gasteiger partial charge in [0.2, 0.25) is 0 Å². The molecule has 2 aromatic rings. The maximum atomic E-state index is 6.09. The lowest BCUT2D eigenvalue weighted by Gasteiger charge is -2.21. The highest BCUT2D eigenvalue weighted by atomic mass is 79.9. The second-order valence-corrected chi connectivity index (χ2v) is 6.08. The molecule has 0 amide bonds. The Labute approximate surface area is 140 Å². The van der Waals surface area contributed by atoms with Gasteiger partial charge >= 0.3 is 0 Å². The smallest absolute Gasteiger partial charge is 0.0568 e. The van der Waals surface area contributed by atoms with Crippen LogP contribution in [0.4, 0.5) is 11.4 Å². The monoisotopic (exact) mass is 366 g/mol. The number of rotatable bonds is 6. The first-order valence-electron chi connectivity index (χ1n) is 7.16. The molecule has 4 heteroatoms. The Morgan fingerprint density at radius 1 is 1.05 bits per heavy atom. The van der Waals surface area contributed by atoms with Crippen LogP contribution >= 0.6 is 27.5 Å². The quantitative estimate of drug-likeness (QED) is 0.719. The molecule has 112 valence electrons. The lowest BCUT2D eigenvalue weighted by atomic mass is 10.2. The van der Waals surface area contributed by atoms with Crippen LogP contribution in [0, 0.1) is 0 Å². The van der Waals surface area contributed by atoms with E-state index in [1.165, 1.54) is 11.3 Å². The predicted molar refractivity (Wildman–Crippen MR) is 96.5 cm³/mol. The number of nitrogens with one attached hydrogen (secondary N) is 1. The van der Waals surface area contributed by atoms with Crippen LogP contribution in [0.5, 0.6) is 0 Å². The topological polar surface area (TPSA) is 15.3 Å². The average Bonchev–Trinajstić information content (AvgIpc) is 2.51. The fraction of sp³-hybridized carbons (Fsp3) is 0.294. The number of hydrogen-bond donors (Lipinski definition) is 1. The summed E-state index contributed by atoms with van der Waals surface area (Å²) < 4.78 is 0.915. The van der Waals surface area contributed by atoms with Gasteiger partial charge in [-0.05, 0) is 65.7 Å². The average molecular weight is 368 g/mol. The lowest BCUT2D eigenvalue weighted by molar-refractivity contribution is 0.865. The summed E-state index contributed by atoms with van der Waals surface area (Å²) in [6, 6.07) is 14.6. The van der Waals surface area contributed by atoms with Crippen LogP contribution in [-0.4, -0.2) is 13.1 Å². The third-order valence-corrected chi connectivity index (χ3v) is 4.71. The Bertz CT molecular complexity index is 580. The van der Waals surface area contributed by atoms with E-state index in [-0.39, 0.29) is 0 Å². The van der Waals surface area contributed by atoms with Gasteiger partial charge in [0.1, 0.15) is 0 Å². The molecule has 0 aliphatic carbocycles. The van der Waals surface area contributed by atoms with Gasteiger partial charge < -0.3 is 10.2 Å². The van der Waals surface area contributed by atoms with Crippen molar-refractivity contribution in [3.05, 3.63) is 57.5 Å². The van der Waals surface area contributed by atoms with Crippen LogP contribution in [0.3, 0.4) is 0 Å². The lowest BCUT2D eigenvalue weighted by Crippen LogP contribution is -2.21. The Hall–Kier alpha value is -1.19. The summed E-state index contributed by atoms with van der Waals surface area (Å²) in [5.41, 5.74) is 3.55. The first kappa shape index (κ1) is 16.2. The molecule has 0 heterocycles. The summed E-state index contributed by atoms with van der Waals surface area (Å²) in [7, 11) is 0. The Balaban J connectivity index is 1.98. The van der Waals surface area contributed by atoms with Gasteiger partial charge in [0, 0.05) is 35.5 Å². The van der Waals surface area contributed by atoms with E-state index in [0.29, 0.717) is 0 Å². The van der Waals surface area contributed by atoms with E-state index < -0.39 is 0 Å². The number of halogens is 2. The van der Waals surface area contributed by atoms with Gasteiger partial charge in [-0.1, -0.05) is 23.7 Å². The SMILES string of the molecule is CCN(CC)c1ccc(CNc2ccc(Br)c(Cl)c2)cc1. The van der Waals surface area contributed by atoms with Crippen molar-refractivity contribution in [1.82, 2.24) is 0 Å². The molecule has 0 aliphatic rings. The zero-order chi connectivity index (χ0) is 15.2. The largest absolute Gasteiger partial charge is 0.381 e. The summed E-state index contributed by atoms with van der Waals surface area (Å²) in [6.07, 6.45) is 0. The van der Waals surface area contributed by atoms with Crippen LogP contribution < -0.4 is 10.2 Å². The molecule has 0 aromatic heterocycles. The van der Waals surface area contributed by atoms with E-state index in [1.807, 2.05) is 18.2 Å². The molecule has 1 N–H and O–H groups in total. The number of anilines is 2. The summed E-state index contributed by atoms with van der Waals surface area (Å²) >= 11 is 9.49. The van der Waals surface area contributed by atoms with Gasteiger partial charge in [-0.2, -0.15) is 0 Å². The van der Waals surface area contributed by atoms with Crippen molar-refractivity contribution >= 4 is 38.9 Å². The Morgan fingerprint density at radius 2 is 1.71 bits per heavy atom. The molecular formula is C17H20BrClN2. The number of nitrogens with zero attached hydrogens (tertiary/aromatic N) is 1. The van der Waals surface area contributed by atoms with Crippen molar-refractivity contribution in [3.8, 4) is 0 Å². The summed E-state index contributed by atoms with van der Waals surface area (Å²) in [5.74, 6) is 0. The zero-order valence-corrected chi connectivity index (χ0v) is 14.7. The third-order valence-electron chi connectivity index (χ3n) is 3.48. The van der Waals surface area contributed by atoms with Crippen molar-refractivity contribution in [2.24, 2.45) is 0 Å². The normalized spacial score (nSPS) is 10.5. The zero-order valence-electron chi connectivity index (χ0n) is 12.4. The third kappa shape index (κ3) is 4.39. The fourth-order valence-electron chi connectivity index (χ4n) is 2.22. The molecule has 0 spiro atoms. The van der Waals surface area contributed by atoms with Crippen molar-refractivity contribution in [3.63, 3.8) is 0 Å². The molecule has 0 atom stereocenters. The Kier molecular flexibility index (Phi) is 5.95. The second-order valence-electron chi connectivity index (χ2n) is 4.82. The summed E-state index contributed by atoms with van der Waals surface area (Å²) in [4.78, 5) is 2.34. The van der Waals surface area contributed by atoms with E-state index >= 15 is 0 Å². The maximum Gasteiger partial charge on any atom is 0.0568 e. The molecule has 0 fully saturated rings. The van der Waals surface area contributed by atoms with Gasteiger partial charge in [0.05, 0.1) is 5.02 Å². The molecule has 0 saturated heterocycles. The van der Waals surface area contributed by atoms with Gasteiger partial charge in [0.15, 0.2) is 0 Å². The standard InChI is InChI=1S/C17H20BrClN2/c1-3-21(4-2)15-8-5-13(6-9-15)12-20-14-7-10-16(18)17(19)11-14/h5-11,20H,3-4,12H2,1-2H3. The highest BCUT2D eigenvalue weighted by Crippen LogP contribution is 2.25. The van der Waals surface area contributed by atoms with E-state index in [0.717, 1.165) is 34.8 Å². The van der Waals surface area contributed by atoms with E-state index in [4.69, 9.17) is 11.6 Å². The van der Waals surface area contributed by atoms with Crippen LogP contribution in [0.2, 0.25) is 5.02 Å². The molecular weight excluding hydrogens is 348 g/mol. The summed E-state index contributed by atoms with van der Waals surface area (Å²) in [6.45, 7) is 7.21. The second kappa shape index (κ2) is 7.71. The van der Waals surface area contributed by atoms with Crippen molar-refractivity contribution in [1.29, 1.82) is 0 Å². The van der Waals surface area contributed by atoms with Crippen molar-refractivity contribution in [2.45, 2.75) is 20.4 Å². The molecule has 0 saturated carbocycles. The first-order chi connectivity index (χ1) is 10.1. The maximum absolute atomic E-state index is 6.09. The van der Waals surface area contributed by atoms with Crippen LogP contribution in [0.1, 0.15) is 19.4 Å². The van der Waals surface area contributed by atoms with E-state index in [1.54, 1.807) is 0 Å². The molecule has 0 unspecified atom stereocenters. The van der Waals surface area contributed by atoms with Gasteiger partial charge in [0.25, 0.3) is 0 Å². The van der Waals surface area contributed by atoms with E-state index in [9.17, 15) is 0 Å². The minimum Gasteiger partial charge on any atom is -0.381 e. The minimum atomic E-state index is 0.719. The molecule has 2 nitrogen and oxygen atoms in total. The number of hydrogen-bond acceptors (Lipinski definition) is 2. The summed E-state index contributed by atoms with van der Waals surface area (Å²) in [5, 5.41) is 4.11. The first-order valence-corrected chi connectivity index (χ1v) is 8.34. The molecule has 0 aliphatic heterocycles. The molecule has 21 heavy (non-hydrogen) atoms. The molecule has 0 radical (unpaired) electrons. The fourth-order valence-corrected chi connectivity index (χ4v) is 2.65. The molecule has 2 aromatic carbocycles. The highest BCUT2D eigenvalue weighted by molar-refractivity contribution is 9.10. The van der Waals surface area contributed by atoms with E-state index in [2.05, 4.69) is 64.3 Å². The highest BCUT2D eigenvalue weighted by Gasteiger charge is 2.02. The molecule has 0 bridgehead atoms. The van der Waals surface area contributed by atoms with Crippen LogP contribution in [0.25, 0.3) is 0 Å². The van der Waals surface area contributed by atoms with Crippen molar-refractivity contribution < 1.29 is 0 Å². The van der Waals surface area contributed by atoms with Gasteiger partial charge in [-0.15, -0.1) is 0 Å². The van der Waals surface area contributed by atoms with Crippen LogP contribution in [0.15, 0.2) is 46.9 Å². The van der Waals surface area contributed by atoms with Crippen molar-refractivity contribution in [2.75, 3.05) is 23.3 Å². The Morgan fingerprint density at radius 3 is 2.29 bits per heavy atom.